The van der Waals surface area contributed by atoms with Gasteiger partial charge in [-0.3, -0.25) is 4.79 Å². The maximum Gasteiger partial charge on any atom is 0.221 e. The zero-order chi connectivity index (χ0) is 10.8. The van der Waals surface area contributed by atoms with Gasteiger partial charge in [-0.05, 0) is 18.8 Å². The lowest BCUT2D eigenvalue weighted by molar-refractivity contribution is -0.115. The topological polar surface area (TPSA) is 80.5 Å². The molecule has 1 radical (unpaired) electrons. The number of hydrogen-bond acceptors (Lipinski definition) is 3. The smallest absolute Gasteiger partial charge is 0.221 e. The third kappa shape index (κ3) is 3.26. The van der Waals surface area contributed by atoms with Crippen molar-refractivity contribution in [3.63, 3.8) is 0 Å². The summed E-state index contributed by atoms with van der Waals surface area (Å²) in [6.07, 6.45) is 4.02. The van der Waals surface area contributed by atoms with E-state index in [0.29, 0.717) is 25.9 Å². The average Bonchev–Trinajstić information content (AvgIpc) is 2.02. The Balaban J connectivity index is 2.43. The summed E-state index contributed by atoms with van der Waals surface area (Å²) in [6, 6.07) is 0. The minimum Gasteiger partial charge on any atom is -0.369 e. The molecule has 0 aliphatic carbocycles. The standard InChI is InChI=1S/C8H15N2O3S/c1-14(12,13)10-4-2-7(3-5-10)6-8(9)11/h6-7H,2-5H2,1H3,(H2,9,11). The number of primary amides is 1. The lowest BCUT2D eigenvalue weighted by atomic mass is 9.94. The predicted molar refractivity (Wildman–Crippen MR) is 52.6 cm³/mol. The lowest BCUT2D eigenvalue weighted by Crippen LogP contribution is -2.38. The number of rotatable bonds is 3. The molecule has 0 spiro atoms. The van der Waals surface area contributed by atoms with Crippen LogP contribution in [0, 0.1) is 12.3 Å². The van der Waals surface area contributed by atoms with Crippen LogP contribution in [0.1, 0.15) is 12.8 Å². The van der Waals surface area contributed by atoms with Gasteiger partial charge in [-0.25, -0.2) is 12.7 Å². The van der Waals surface area contributed by atoms with Gasteiger partial charge in [0.1, 0.15) is 0 Å². The summed E-state index contributed by atoms with van der Waals surface area (Å²) in [5.41, 5.74) is 5.02. The van der Waals surface area contributed by atoms with Crippen LogP contribution in [0.4, 0.5) is 0 Å². The largest absolute Gasteiger partial charge is 0.369 e. The molecule has 0 unspecified atom stereocenters. The quantitative estimate of drug-likeness (QED) is 0.684. The van der Waals surface area contributed by atoms with Crippen LogP contribution < -0.4 is 5.73 Å². The fraction of sp³-hybridized carbons (Fsp3) is 0.750. The number of sulfonamides is 1. The van der Waals surface area contributed by atoms with Crippen molar-refractivity contribution >= 4 is 15.9 Å². The molecular formula is C8H15N2O3S. The summed E-state index contributed by atoms with van der Waals surface area (Å²) in [4.78, 5) is 10.6. The van der Waals surface area contributed by atoms with E-state index < -0.39 is 15.9 Å². The SMILES string of the molecule is CS(=O)(=O)N1CCC([CH]C(N)=O)CC1. The fourth-order valence-corrected chi connectivity index (χ4v) is 2.48. The van der Waals surface area contributed by atoms with Gasteiger partial charge in [0.15, 0.2) is 0 Å². The average molecular weight is 219 g/mol. The maximum atomic E-state index is 11.1. The van der Waals surface area contributed by atoms with Gasteiger partial charge in [0.05, 0.1) is 12.7 Å². The highest BCUT2D eigenvalue weighted by molar-refractivity contribution is 7.88. The predicted octanol–water partition coefficient (Wildman–Crippen LogP) is -0.652. The van der Waals surface area contributed by atoms with Gasteiger partial charge in [-0.1, -0.05) is 0 Å². The first-order chi connectivity index (χ1) is 6.39. The molecule has 1 amide bonds. The van der Waals surface area contributed by atoms with Gasteiger partial charge in [0, 0.05) is 13.1 Å². The molecule has 1 rings (SSSR count). The van der Waals surface area contributed by atoms with Gasteiger partial charge in [0.2, 0.25) is 15.9 Å². The molecule has 0 aromatic rings. The van der Waals surface area contributed by atoms with E-state index in [2.05, 4.69) is 0 Å². The van der Waals surface area contributed by atoms with E-state index in [4.69, 9.17) is 5.73 Å². The van der Waals surface area contributed by atoms with Crippen molar-refractivity contribution in [1.82, 2.24) is 4.31 Å². The molecule has 1 saturated heterocycles. The molecule has 0 atom stereocenters. The minimum absolute atomic E-state index is 0.130. The van der Waals surface area contributed by atoms with Crippen LogP contribution in [0.2, 0.25) is 0 Å². The Morgan fingerprint density at radius 3 is 2.29 bits per heavy atom. The molecule has 14 heavy (non-hydrogen) atoms. The van der Waals surface area contributed by atoms with Gasteiger partial charge >= 0.3 is 0 Å². The summed E-state index contributed by atoms with van der Waals surface area (Å²) in [6.45, 7) is 0.959. The summed E-state index contributed by atoms with van der Waals surface area (Å²) in [7, 11) is -3.07. The first kappa shape index (κ1) is 11.5. The first-order valence-corrected chi connectivity index (χ1v) is 6.34. The van der Waals surface area contributed by atoms with Crippen molar-refractivity contribution in [3.8, 4) is 0 Å². The van der Waals surface area contributed by atoms with Gasteiger partial charge < -0.3 is 5.73 Å². The van der Waals surface area contributed by atoms with Gasteiger partial charge in [-0.15, -0.1) is 0 Å². The molecular weight excluding hydrogens is 204 g/mol. The third-order valence-corrected chi connectivity index (χ3v) is 3.67. The number of nitrogens with zero attached hydrogens (tertiary/aromatic N) is 1. The number of hydrogen-bond donors (Lipinski definition) is 1. The highest BCUT2D eigenvalue weighted by atomic mass is 32.2. The summed E-state index contributed by atoms with van der Waals surface area (Å²) in [5, 5.41) is 0. The Hall–Kier alpha value is -0.620. The number of carbonyl (C=O) groups is 1. The van der Waals surface area contributed by atoms with Crippen molar-refractivity contribution in [2.24, 2.45) is 11.7 Å². The normalized spacial score (nSPS) is 20.9. The van der Waals surface area contributed by atoms with Crippen molar-refractivity contribution in [3.05, 3.63) is 6.42 Å². The Morgan fingerprint density at radius 2 is 1.93 bits per heavy atom. The van der Waals surface area contributed by atoms with Crippen LogP contribution in [0.5, 0.6) is 0 Å². The summed E-state index contributed by atoms with van der Waals surface area (Å²) < 4.78 is 23.7. The molecule has 1 fully saturated rings. The Morgan fingerprint density at radius 1 is 1.43 bits per heavy atom. The zero-order valence-electron chi connectivity index (χ0n) is 8.14. The molecule has 6 heteroatoms. The van der Waals surface area contributed by atoms with Crippen LogP contribution in [0.15, 0.2) is 0 Å². The molecule has 1 aliphatic rings. The van der Waals surface area contributed by atoms with Crippen LogP contribution in [0.3, 0.4) is 0 Å². The van der Waals surface area contributed by atoms with Crippen LogP contribution >= 0.6 is 0 Å². The summed E-state index contributed by atoms with van der Waals surface area (Å²) in [5.74, 6) is -0.298. The highest BCUT2D eigenvalue weighted by Crippen LogP contribution is 2.20. The Kier molecular flexibility index (Phi) is 3.49. The van der Waals surface area contributed by atoms with Crippen molar-refractivity contribution in [2.75, 3.05) is 19.3 Å². The highest BCUT2D eigenvalue weighted by Gasteiger charge is 2.25. The lowest BCUT2D eigenvalue weighted by Gasteiger charge is -2.29. The minimum atomic E-state index is -3.07. The molecule has 1 aliphatic heterocycles. The second-order valence-electron chi connectivity index (χ2n) is 3.57. The molecule has 5 nitrogen and oxygen atoms in total. The van der Waals surface area contributed by atoms with Crippen LogP contribution in [-0.2, 0) is 14.8 Å². The Labute approximate surface area is 84.3 Å². The van der Waals surface area contributed by atoms with Crippen molar-refractivity contribution in [2.45, 2.75) is 12.8 Å². The fourth-order valence-electron chi connectivity index (χ4n) is 1.61. The van der Waals surface area contributed by atoms with Crippen LogP contribution in [0.25, 0.3) is 0 Å². The van der Waals surface area contributed by atoms with E-state index in [0.717, 1.165) is 0 Å². The molecule has 2 N–H and O–H groups in total. The second-order valence-corrected chi connectivity index (χ2v) is 5.55. The van der Waals surface area contributed by atoms with Crippen molar-refractivity contribution in [1.29, 1.82) is 0 Å². The second kappa shape index (κ2) is 4.27. The monoisotopic (exact) mass is 219 g/mol. The molecule has 1 heterocycles. The number of amides is 1. The molecule has 0 saturated carbocycles. The van der Waals surface area contributed by atoms with E-state index in [-0.39, 0.29) is 5.92 Å². The molecule has 0 aromatic heterocycles. The number of carbonyl (C=O) groups excluding carboxylic acids is 1. The first-order valence-electron chi connectivity index (χ1n) is 4.49. The maximum absolute atomic E-state index is 11.1. The Bertz CT molecular complexity index is 305. The zero-order valence-corrected chi connectivity index (χ0v) is 8.96. The number of piperidine rings is 1. The van der Waals surface area contributed by atoms with Gasteiger partial charge in [0.25, 0.3) is 0 Å². The number of nitrogens with two attached hydrogens (primary N) is 1. The van der Waals surface area contributed by atoms with Crippen molar-refractivity contribution < 1.29 is 13.2 Å². The molecule has 0 aromatic carbocycles. The van der Waals surface area contributed by atoms with E-state index in [9.17, 15) is 13.2 Å². The molecule has 0 bridgehead atoms. The molecule has 81 valence electrons. The third-order valence-electron chi connectivity index (χ3n) is 2.37. The van der Waals surface area contributed by atoms with Crippen LogP contribution in [-0.4, -0.2) is 38.0 Å². The van der Waals surface area contributed by atoms with E-state index in [1.165, 1.54) is 17.0 Å². The van der Waals surface area contributed by atoms with E-state index in [1.807, 2.05) is 0 Å². The summed E-state index contributed by atoms with van der Waals surface area (Å²) >= 11 is 0. The van der Waals surface area contributed by atoms with E-state index in [1.54, 1.807) is 0 Å². The van der Waals surface area contributed by atoms with Gasteiger partial charge in [-0.2, -0.15) is 0 Å². The van der Waals surface area contributed by atoms with E-state index >= 15 is 0 Å².